The van der Waals surface area contributed by atoms with E-state index in [2.05, 4.69) is 63.3 Å². The molecule has 2 bridgehead atoms. The van der Waals surface area contributed by atoms with Crippen molar-refractivity contribution in [3.63, 3.8) is 0 Å². The SMILES string of the molecule is COc1ccc(S[C@@H]2C[C@@H]3CN(Cc4ccccc4)[C@H]2[C@H]3Br)cc1OC. The highest BCUT2D eigenvalue weighted by Crippen LogP contribution is 2.49. The average Bonchev–Trinajstić information content (AvgIpc) is 3.13. The van der Waals surface area contributed by atoms with Crippen LogP contribution in [0.2, 0.25) is 0 Å². The Labute approximate surface area is 168 Å². The Kier molecular flexibility index (Phi) is 5.48. The lowest BCUT2D eigenvalue weighted by atomic mass is 10.1. The van der Waals surface area contributed by atoms with Crippen molar-refractivity contribution >= 4 is 27.7 Å². The molecule has 5 heteroatoms. The molecule has 0 unspecified atom stereocenters. The molecule has 1 saturated carbocycles. The van der Waals surface area contributed by atoms with Gasteiger partial charge in [-0.25, -0.2) is 0 Å². The Balaban J connectivity index is 1.49. The molecule has 1 aliphatic heterocycles. The minimum Gasteiger partial charge on any atom is -0.493 e. The summed E-state index contributed by atoms with van der Waals surface area (Å²) in [5.41, 5.74) is 1.40. The van der Waals surface area contributed by atoms with Crippen LogP contribution in [-0.4, -0.2) is 41.8 Å². The molecule has 2 aliphatic rings. The number of alkyl halides is 1. The van der Waals surface area contributed by atoms with Crippen molar-refractivity contribution in [1.82, 2.24) is 4.90 Å². The molecule has 1 heterocycles. The fourth-order valence-electron chi connectivity index (χ4n) is 4.26. The fourth-order valence-corrected chi connectivity index (χ4v) is 7.04. The number of fused-ring (bicyclic) bond motifs is 2. The Morgan fingerprint density at radius 1 is 1.08 bits per heavy atom. The van der Waals surface area contributed by atoms with Gasteiger partial charge in [0.2, 0.25) is 0 Å². The summed E-state index contributed by atoms with van der Waals surface area (Å²) in [5, 5.41) is 0.597. The second kappa shape index (κ2) is 7.83. The lowest BCUT2D eigenvalue weighted by Crippen LogP contribution is -2.40. The van der Waals surface area contributed by atoms with E-state index in [9.17, 15) is 0 Å². The van der Waals surface area contributed by atoms with E-state index in [0.717, 1.165) is 24.0 Å². The minimum absolute atomic E-state index is 0.568. The van der Waals surface area contributed by atoms with Crippen molar-refractivity contribution in [1.29, 1.82) is 0 Å². The predicted molar refractivity (Wildman–Crippen MR) is 111 cm³/mol. The fraction of sp³-hybridized carbons (Fsp3) is 0.429. The first-order chi connectivity index (χ1) is 12.7. The zero-order chi connectivity index (χ0) is 18.1. The summed E-state index contributed by atoms with van der Waals surface area (Å²) in [6, 6.07) is 17.6. The lowest BCUT2D eigenvalue weighted by Gasteiger charge is -2.33. The number of ether oxygens (including phenoxy) is 2. The highest BCUT2D eigenvalue weighted by atomic mass is 79.9. The van der Waals surface area contributed by atoms with Gasteiger partial charge in [0, 0.05) is 34.1 Å². The van der Waals surface area contributed by atoms with Gasteiger partial charge in [0.05, 0.1) is 14.2 Å². The number of methoxy groups -OCH3 is 2. The average molecular weight is 434 g/mol. The Bertz CT molecular complexity index is 757. The number of thioether (sulfide) groups is 1. The monoisotopic (exact) mass is 433 g/mol. The van der Waals surface area contributed by atoms with Crippen molar-refractivity contribution in [3.8, 4) is 11.5 Å². The molecule has 0 aromatic heterocycles. The van der Waals surface area contributed by atoms with Crippen molar-refractivity contribution in [3.05, 3.63) is 54.1 Å². The number of piperidine rings is 1. The Morgan fingerprint density at radius 2 is 1.85 bits per heavy atom. The minimum atomic E-state index is 0.568. The van der Waals surface area contributed by atoms with Gasteiger partial charge >= 0.3 is 0 Å². The van der Waals surface area contributed by atoms with Gasteiger partial charge in [-0.2, -0.15) is 0 Å². The number of hydrogen-bond donors (Lipinski definition) is 0. The van der Waals surface area contributed by atoms with Crippen LogP contribution in [-0.2, 0) is 6.54 Å². The molecule has 4 rings (SSSR count). The first-order valence-corrected chi connectivity index (χ1v) is 10.8. The van der Waals surface area contributed by atoms with E-state index in [4.69, 9.17) is 9.47 Å². The third kappa shape index (κ3) is 3.49. The maximum absolute atomic E-state index is 5.47. The molecule has 26 heavy (non-hydrogen) atoms. The van der Waals surface area contributed by atoms with E-state index >= 15 is 0 Å². The second-order valence-corrected chi connectivity index (χ2v) is 9.39. The maximum Gasteiger partial charge on any atom is 0.161 e. The van der Waals surface area contributed by atoms with E-state index in [1.807, 2.05) is 17.8 Å². The molecule has 0 amide bonds. The molecule has 0 spiro atoms. The molecule has 4 atom stereocenters. The highest BCUT2D eigenvalue weighted by Gasteiger charge is 2.51. The van der Waals surface area contributed by atoms with E-state index in [1.165, 1.54) is 23.4 Å². The van der Waals surface area contributed by atoms with Crippen LogP contribution in [0.3, 0.4) is 0 Å². The molecule has 1 aliphatic carbocycles. The van der Waals surface area contributed by atoms with Gasteiger partial charge in [0.25, 0.3) is 0 Å². The summed E-state index contributed by atoms with van der Waals surface area (Å²) in [7, 11) is 3.37. The molecule has 2 aromatic carbocycles. The van der Waals surface area contributed by atoms with Crippen LogP contribution in [0.15, 0.2) is 53.4 Å². The number of likely N-dealkylation sites (tertiary alicyclic amines) is 1. The smallest absolute Gasteiger partial charge is 0.161 e. The van der Waals surface area contributed by atoms with Gasteiger partial charge in [-0.1, -0.05) is 46.3 Å². The number of nitrogens with zero attached hydrogens (tertiary/aromatic N) is 1. The van der Waals surface area contributed by atoms with Gasteiger partial charge in [-0.05, 0) is 36.1 Å². The van der Waals surface area contributed by atoms with Crippen molar-refractivity contribution in [2.45, 2.75) is 34.0 Å². The Hall–Kier alpha value is -1.17. The molecule has 0 radical (unpaired) electrons. The zero-order valence-electron chi connectivity index (χ0n) is 15.1. The summed E-state index contributed by atoms with van der Waals surface area (Å²) >= 11 is 5.96. The Morgan fingerprint density at radius 3 is 2.54 bits per heavy atom. The molecule has 1 saturated heterocycles. The van der Waals surface area contributed by atoms with E-state index in [1.54, 1.807) is 14.2 Å². The molecular weight excluding hydrogens is 410 g/mol. The first kappa shape index (κ1) is 18.2. The first-order valence-electron chi connectivity index (χ1n) is 9.00. The quantitative estimate of drug-likeness (QED) is 0.607. The summed E-state index contributed by atoms with van der Waals surface area (Å²) in [4.78, 5) is 4.49. The van der Waals surface area contributed by atoms with E-state index < -0.39 is 0 Å². The number of halogens is 1. The van der Waals surface area contributed by atoms with Crippen LogP contribution in [0.1, 0.15) is 12.0 Å². The summed E-state index contributed by atoms with van der Waals surface area (Å²) in [5.74, 6) is 2.33. The van der Waals surface area contributed by atoms with Crippen LogP contribution in [0.5, 0.6) is 11.5 Å². The number of hydrogen-bond acceptors (Lipinski definition) is 4. The molecule has 2 aromatic rings. The van der Waals surface area contributed by atoms with Crippen LogP contribution >= 0.6 is 27.7 Å². The summed E-state index contributed by atoms with van der Waals surface area (Å²) in [6.45, 7) is 2.23. The summed E-state index contributed by atoms with van der Waals surface area (Å²) in [6.07, 6.45) is 1.27. The highest BCUT2D eigenvalue weighted by molar-refractivity contribution is 9.09. The van der Waals surface area contributed by atoms with Gasteiger partial charge < -0.3 is 9.47 Å². The molecule has 2 fully saturated rings. The number of benzene rings is 2. The van der Waals surface area contributed by atoms with Crippen molar-refractivity contribution < 1.29 is 9.47 Å². The zero-order valence-corrected chi connectivity index (χ0v) is 17.5. The van der Waals surface area contributed by atoms with Gasteiger partial charge in [-0.3, -0.25) is 4.90 Å². The third-order valence-electron chi connectivity index (χ3n) is 5.45. The van der Waals surface area contributed by atoms with Gasteiger partial charge in [0.15, 0.2) is 11.5 Å². The van der Waals surface area contributed by atoms with E-state index in [-0.39, 0.29) is 0 Å². The van der Waals surface area contributed by atoms with Gasteiger partial charge in [-0.15, -0.1) is 11.8 Å². The maximum atomic E-state index is 5.47. The molecular formula is C21H24BrNO2S. The van der Waals surface area contributed by atoms with Crippen LogP contribution in [0.25, 0.3) is 0 Å². The normalized spacial score (nSPS) is 27.7. The largest absolute Gasteiger partial charge is 0.493 e. The predicted octanol–water partition coefficient (Wildman–Crippen LogP) is 4.83. The van der Waals surface area contributed by atoms with Crippen LogP contribution < -0.4 is 9.47 Å². The second-order valence-electron chi connectivity index (χ2n) is 7.02. The third-order valence-corrected chi connectivity index (χ3v) is 8.04. The molecule has 138 valence electrons. The molecule has 0 N–H and O–H groups in total. The standard InChI is InChI=1S/C21H24BrNO2S/c1-24-17-9-8-16(11-18(17)25-2)26-19-10-15-13-23(21(19)20(15)22)12-14-6-4-3-5-7-14/h3-9,11,15,19-21H,10,12-13H2,1-2H3/t15-,19-,20+,21-/m1/s1. The lowest BCUT2D eigenvalue weighted by molar-refractivity contribution is 0.211. The van der Waals surface area contributed by atoms with Gasteiger partial charge in [0.1, 0.15) is 0 Å². The van der Waals surface area contributed by atoms with Crippen LogP contribution in [0.4, 0.5) is 0 Å². The molecule has 3 nitrogen and oxygen atoms in total. The summed E-state index contributed by atoms with van der Waals surface area (Å²) < 4.78 is 10.8. The van der Waals surface area contributed by atoms with E-state index in [0.29, 0.717) is 16.1 Å². The topological polar surface area (TPSA) is 21.7 Å². The van der Waals surface area contributed by atoms with Crippen LogP contribution in [0, 0.1) is 5.92 Å². The van der Waals surface area contributed by atoms with Crippen molar-refractivity contribution in [2.24, 2.45) is 5.92 Å². The van der Waals surface area contributed by atoms with Crippen molar-refractivity contribution in [2.75, 3.05) is 20.8 Å². The number of rotatable bonds is 6.